The van der Waals surface area contributed by atoms with Gasteiger partial charge in [-0.25, -0.2) is 14.5 Å². The van der Waals surface area contributed by atoms with Crippen LogP contribution in [-0.4, -0.2) is 28.5 Å². The zero-order valence-electron chi connectivity index (χ0n) is 14.7. The number of halogens is 3. The molecule has 0 bridgehead atoms. The predicted octanol–water partition coefficient (Wildman–Crippen LogP) is 4.16. The molecule has 6 nitrogen and oxygen atoms in total. The van der Waals surface area contributed by atoms with E-state index in [1.807, 2.05) is 6.07 Å². The highest BCUT2D eigenvalue weighted by Crippen LogP contribution is 2.23. The van der Waals surface area contributed by atoms with Gasteiger partial charge < -0.3 is 4.74 Å². The zero-order chi connectivity index (χ0) is 20.1. The van der Waals surface area contributed by atoms with Gasteiger partial charge in [-0.1, -0.05) is 41.4 Å². The van der Waals surface area contributed by atoms with Crippen LogP contribution in [0.3, 0.4) is 0 Å². The number of nitrogens with zero attached hydrogens (tertiary/aromatic N) is 3. The number of benzene rings is 2. The van der Waals surface area contributed by atoms with Crippen molar-refractivity contribution >= 4 is 35.3 Å². The lowest BCUT2D eigenvalue weighted by Gasteiger charge is -2.05. The first-order valence-corrected chi connectivity index (χ1v) is 8.91. The van der Waals surface area contributed by atoms with Crippen molar-refractivity contribution in [3.05, 3.63) is 75.8 Å². The summed E-state index contributed by atoms with van der Waals surface area (Å²) in [6, 6.07) is 12.9. The summed E-state index contributed by atoms with van der Waals surface area (Å²) in [6.45, 7) is 1.38. The smallest absolute Gasteiger partial charge is 0.277 e. The Morgan fingerprint density at radius 2 is 2.07 bits per heavy atom. The maximum Gasteiger partial charge on any atom is 0.277 e. The Morgan fingerprint density at radius 3 is 2.82 bits per heavy atom. The molecule has 3 aromatic rings. The molecular weight excluding hydrogens is 406 g/mol. The molecule has 0 aliphatic heterocycles. The van der Waals surface area contributed by atoms with E-state index in [4.69, 9.17) is 27.9 Å². The first kappa shape index (κ1) is 19.9. The summed E-state index contributed by atoms with van der Waals surface area (Å²) < 4.78 is 20.1. The molecule has 1 amide bonds. The molecule has 0 aliphatic rings. The van der Waals surface area contributed by atoms with E-state index in [1.54, 1.807) is 31.2 Å². The van der Waals surface area contributed by atoms with Crippen molar-refractivity contribution in [1.82, 2.24) is 15.2 Å². The van der Waals surface area contributed by atoms with Crippen LogP contribution in [0, 0.1) is 12.7 Å². The number of rotatable bonds is 6. The van der Waals surface area contributed by atoms with Gasteiger partial charge in [0.25, 0.3) is 5.91 Å². The van der Waals surface area contributed by atoms with E-state index < -0.39 is 11.7 Å². The van der Waals surface area contributed by atoms with Crippen LogP contribution in [0.1, 0.15) is 11.3 Å². The van der Waals surface area contributed by atoms with Gasteiger partial charge in [-0.2, -0.15) is 10.2 Å². The molecule has 0 aliphatic carbocycles. The van der Waals surface area contributed by atoms with Crippen molar-refractivity contribution in [3.8, 4) is 11.4 Å². The summed E-state index contributed by atoms with van der Waals surface area (Å²) >= 11 is 12.4. The van der Waals surface area contributed by atoms with Crippen molar-refractivity contribution in [1.29, 1.82) is 0 Å². The average Bonchev–Trinajstić information content (AvgIpc) is 2.95. The number of aryl methyl sites for hydroxylation is 1. The van der Waals surface area contributed by atoms with Crippen LogP contribution in [0.4, 0.5) is 4.39 Å². The Labute approximate surface area is 170 Å². The monoisotopic (exact) mass is 420 g/mol. The average molecular weight is 421 g/mol. The van der Waals surface area contributed by atoms with Crippen LogP contribution < -0.4 is 10.2 Å². The number of hydrogen-bond donors (Lipinski definition) is 1. The highest BCUT2D eigenvalue weighted by atomic mass is 35.5. The summed E-state index contributed by atoms with van der Waals surface area (Å²) in [5.41, 5.74) is 4.15. The molecule has 0 unspecified atom stereocenters. The summed E-state index contributed by atoms with van der Waals surface area (Å²) in [6.07, 6.45) is 1.38. The maximum atomic E-state index is 13.5. The first-order chi connectivity index (χ1) is 13.5. The molecule has 3 rings (SSSR count). The lowest BCUT2D eigenvalue weighted by Crippen LogP contribution is -2.24. The van der Waals surface area contributed by atoms with E-state index in [-0.39, 0.29) is 12.4 Å². The summed E-state index contributed by atoms with van der Waals surface area (Å²) in [7, 11) is 0. The highest BCUT2D eigenvalue weighted by Gasteiger charge is 2.13. The molecule has 28 heavy (non-hydrogen) atoms. The molecule has 0 saturated heterocycles. The molecule has 144 valence electrons. The third kappa shape index (κ3) is 4.68. The topological polar surface area (TPSA) is 68.5 Å². The number of ether oxygens (including phenoxy) is 1. The Bertz CT molecular complexity index is 1040. The molecular formula is C19H15Cl2FN4O2. The highest BCUT2D eigenvalue weighted by molar-refractivity contribution is 6.32. The summed E-state index contributed by atoms with van der Waals surface area (Å²) in [5, 5.41) is 9.10. The fourth-order valence-electron chi connectivity index (χ4n) is 2.34. The molecule has 1 N–H and O–H groups in total. The van der Waals surface area contributed by atoms with Gasteiger partial charge >= 0.3 is 0 Å². The Morgan fingerprint density at radius 1 is 1.29 bits per heavy atom. The van der Waals surface area contributed by atoms with Gasteiger partial charge in [0.05, 0.1) is 23.2 Å². The molecule has 1 heterocycles. The predicted molar refractivity (Wildman–Crippen MR) is 106 cm³/mol. The van der Waals surface area contributed by atoms with Crippen molar-refractivity contribution in [2.45, 2.75) is 6.92 Å². The van der Waals surface area contributed by atoms with Crippen LogP contribution in [0.25, 0.3) is 5.69 Å². The molecule has 0 spiro atoms. The fraction of sp³-hybridized carbons (Fsp3) is 0.105. The van der Waals surface area contributed by atoms with Crippen molar-refractivity contribution in [2.75, 3.05) is 6.61 Å². The normalized spacial score (nSPS) is 11.0. The van der Waals surface area contributed by atoms with E-state index in [0.717, 1.165) is 0 Å². The number of hydrogen-bond acceptors (Lipinski definition) is 4. The Hall–Kier alpha value is -2.90. The van der Waals surface area contributed by atoms with Crippen molar-refractivity contribution in [3.63, 3.8) is 0 Å². The Kier molecular flexibility index (Phi) is 6.28. The van der Waals surface area contributed by atoms with Crippen molar-refractivity contribution < 1.29 is 13.9 Å². The first-order valence-electron chi connectivity index (χ1n) is 8.16. The second-order valence-electron chi connectivity index (χ2n) is 5.69. The van der Waals surface area contributed by atoms with Gasteiger partial charge in [-0.05, 0) is 37.3 Å². The van der Waals surface area contributed by atoms with E-state index >= 15 is 0 Å². The minimum absolute atomic E-state index is 0.0108. The van der Waals surface area contributed by atoms with Crippen LogP contribution in [0.15, 0.2) is 53.6 Å². The number of nitrogens with one attached hydrogen (secondary N) is 1. The third-order valence-corrected chi connectivity index (χ3v) is 4.28. The Balaban J connectivity index is 1.64. The zero-order valence-corrected chi connectivity index (χ0v) is 16.2. The van der Waals surface area contributed by atoms with E-state index in [1.165, 1.54) is 29.1 Å². The maximum absolute atomic E-state index is 13.5. The lowest BCUT2D eigenvalue weighted by atomic mass is 10.3. The van der Waals surface area contributed by atoms with E-state index in [0.29, 0.717) is 27.1 Å². The summed E-state index contributed by atoms with van der Waals surface area (Å²) in [4.78, 5) is 11.8. The van der Waals surface area contributed by atoms with Gasteiger partial charge in [0, 0.05) is 5.02 Å². The van der Waals surface area contributed by atoms with Crippen LogP contribution >= 0.6 is 23.2 Å². The SMILES string of the molecule is Cc1nn(-c2cccc(Cl)c2)c(Cl)c1/C=N/NC(=O)COc1ccccc1F. The minimum atomic E-state index is -0.547. The van der Waals surface area contributed by atoms with Gasteiger partial charge in [0.2, 0.25) is 0 Å². The van der Waals surface area contributed by atoms with Crippen LogP contribution in [0.2, 0.25) is 10.2 Å². The number of carbonyl (C=O) groups is 1. The van der Waals surface area contributed by atoms with Gasteiger partial charge in [0.15, 0.2) is 18.2 Å². The molecule has 0 atom stereocenters. The van der Waals surface area contributed by atoms with Crippen LogP contribution in [0.5, 0.6) is 5.75 Å². The van der Waals surface area contributed by atoms with E-state index in [2.05, 4.69) is 15.6 Å². The van der Waals surface area contributed by atoms with Gasteiger partial charge in [-0.3, -0.25) is 4.79 Å². The van der Waals surface area contributed by atoms with Gasteiger partial charge in [-0.15, -0.1) is 0 Å². The van der Waals surface area contributed by atoms with E-state index in [9.17, 15) is 9.18 Å². The largest absolute Gasteiger partial charge is 0.481 e. The number of aromatic nitrogens is 2. The fourth-order valence-corrected chi connectivity index (χ4v) is 2.85. The van der Waals surface area contributed by atoms with Crippen molar-refractivity contribution in [2.24, 2.45) is 5.10 Å². The van der Waals surface area contributed by atoms with Gasteiger partial charge in [0.1, 0.15) is 5.15 Å². The molecule has 9 heteroatoms. The lowest BCUT2D eigenvalue weighted by molar-refractivity contribution is -0.123. The quantitative estimate of drug-likeness (QED) is 0.480. The number of hydrazone groups is 1. The molecule has 0 radical (unpaired) electrons. The number of carbonyl (C=O) groups excluding carboxylic acids is 1. The third-order valence-electron chi connectivity index (χ3n) is 3.68. The summed E-state index contributed by atoms with van der Waals surface area (Å²) in [5.74, 6) is -1.10. The molecule has 2 aromatic carbocycles. The molecule has 0 fully saturated rings. The molecule has 0 saturated carbocycles. The molecule has 1 aromatic heterocycles. The minimum Gasteiger partial charge on any atom is -0.481 e. The van der Waals surface area contributed by atoms with Crippen LogP contribution in [-0.2, 0) is 4.79 Å². The number of para-hydroxylation sites is 1. The number of amides is 1. The second kappa shape index (κ2) is 8.86. The standard InChI is InChI=1S/C19H15Cl2FN4O2/c1-12-15(19(21)26(25-12)14-6-4-5-13(20)9-14)10-23-24-18(27)11-28-17-8-3-2-7-16(17)22/h2-10H,11H2,1H3,(H,24,27)/b23-10+. The second-order valence-corrected chi connectivity index (χ2v) is 6.49.